The summed E-state index contributed by atoms with van der Waals surface area (Å²) in [6, 6.07) is 12.3. The number of hydrogen-bond acceptors (Lipinski definition) is 4. The maximum absolute atomic E-state index is 4.23. The molecule has 4 heteroatoms. The molecule has 0 saturated carbocycles. The Morgan fingerprint density at radius 2 is 1.78 bits per heavy atom. The van der Waals surface area contributed by atoms with Crippen molar-refractivity contribution < 1.29 is 0 Å². The Kier molecular flexibility index (Phi) is 3.89. The van der Waals surface area contributed by atoms with Crippen molar-refractivity contribution in [2.75, 3.05) is 19.0 Å². The van der Waals surface area contributed by atoms with E-state index in [-0.39, 0.29) is 0 Å². The average Bonchev–Trinajstić information content (AvgIpc) is 2.40. The van der Waals surface area contributed by atoms with Crippen molar-refractivity contribution in [3.8, 4) is 0 Å². The summed E-state index contributed by atoms with van der Waals surface area (Å²) in [5, 5.41) is 11.5. The van der Waals surface area contributed by atoms with Crippen LogP contribution in [-0.4, -0.2) is 24.3 Å². The second-order valence-electron chi connectivity index (χ2n) is 4.31. The molecule has 0 radical (unpaired) electrons. The molecule has 2 aromatic rings. The monoisotopic (exact) mass is 242 g/mol. The fraction of sp³-hybridized carbons (Fsp3) is 0.286. The molecule has 0 amide bonds. The molecule has 0 aliphatic heterocycles. The molecule has 1 heterocycles. The number of benzene rings is 1. The zero-order valence-electron chi connectivity index (χ0n) is 11.0. The fourth-order valence-electron chi connectivity index (χ4n) is 1.71. The Hall–Kier alpha value is -1.94. The highest BCUT2D eigenvalue weighted by Gasteiger charge is 2.05. The first-order valence-electron chi connectivity index (χ1n) is 5.98. The second-order valence-corrected chi connectivity index (χ2v) is 4.31. The van der Waals surface area contributed by atoms with Gasteiger partial charge in [-0.3, -0.25) is 0 Å². The summed E-state index contributed by atoms with van der Waals surface area (Å²) in [6.45, 7) is 2.82. The van der Waals surface area contributed by atoms with E-state index in [1.54, 1.807) is 0 Å². The van der Waals surface area contributed by atoms with Crippen LogP contribution in [0.15, 0.2) is 36.4 Å². The summed E-state index contributed by atoms with van der Waals surface area (Å²) in [4.78, 5) is 2.02. The van der Waals surface area contributed by atoms with Gasteiger partial charge >= 0.3 is 0 Å². The van der Waals surface area contributed by atoms with E-state index in [2.05, 4.69) is 46.7 Å². The maximum Gasteiger partial charge on any atom is 0.155 e. The Bertz CT molecular complexity index is 490. The third-order valence-corrected chi connectivity index (χ3v) is 2.83. The summed E-state index contributed by atoms with van der Waals surface area (Å²) < 4.78 is 0. The van der Waals surface area contributed by atoms with E-state index in [4.69, 9.17) is 0 Å². The lowest BCUT2D eigenvalue weighted by molar-refractivity contribution is 0.766. The van der Waals surface area contributed by atoms with Gasteiger partial charge in [0, 0.05) is 19.3 Å². The Morgan fingerprint density at radius 3 is 2.33 bits per heavy atom. The summed E-state index contributed by atoms with van der Waals surface area (Å²) in [6.07, 6.45) is 0. The van der Waals surface area contributed by atoms with Gasteiger partial charge in [0.15, 0.2) is 5.82 Å². The van der Waals surface area contributed by atoms with Gasteiger partial charge in [-0.1, -0.05) is 17.7 Å². The average molecular weight is 242 g/mol. The van der Waals surface area contributed by atoms with Crippen molar-refractivity contribution in [2.45, 2.75) is 13.5 Å². The van der Waals surface area contributed by atoms with Crippen LogP contribution in [0.1, 0.15) is 11.3 Å². The van der Waals surface area contributed by atoms with Crippen molar-refractivity contribution in [3.05, 3.63) is 47.7 Å². The van der Waals surface area contributed by atoms with Gasteiger partial charge in [-0.25, -0.2) is 0 Å². The number of nitrogens with one attached hydrogen (secondary N) is 1. The first kappa shape index (κ1) is 12.5. The maximum atomic E-state index is 4.23. The van der Waals surface area contributed by atoms with Gasteiger partial charge in [0.25, 0.3) is 0 Å². The molecule has 1 N–H and O–H groups in total. The number of aryl methyl sites for hydroxylation is 1. The first-order valence-corrected chi connectivity index (χ1v) is 5.98. The van der Waals surface area contributed by atoms with Crippen LogP contribution in [0.3, 0.4) is 0 Å². The smallest absolute Gasteiger partial charge is 0.155 e. The van der Waals surface area contributed by atoms with Crippen LogP contribution in [0.2, 0.25) is 0 Å². The third kappa shape index (κ3) is 2.84. The third-order valence-electron chi connectivity index (χ3n) is 2.83. The van der Waals surface area contributed by atoms with Gasteiger partial charge in [0.1, 0.15) is 0 Å². The van der Waals surface area contributed by atoms with Crippen LogP contribution in [0, 0.1) is 6.92 Å². The van der Waals surface area contributed by atoms with E-state index in [1.165, 1.54) is 5.56 Å². The molecular weight excluding hydrogens is 224 g/mol. The summed E-state index contributed by atoms with van der Waals surface area (Å²) in [7, 11) is 3.89. The van der Waals surface area contributed by atoms with Gasteiger partial charge in [-0.15, -0.1) is 5.10 Å². The van der Waals surface area contributed by atoms with Gasteiger partial charge in [-0.2, -0.15) is 5.10 Å². The van der Waals surface area contributed by atoms with Crippen LogP contribution in [0.5, 0.6) is 0 Å². The van der Waals surface area contributed by atoms with E-state index in [0.717, 1.165) is 23.7 Å². The van der Waals surface area contributed by atoms with Gasteiger partial charge in [-0.05, 0) is 38.2 Å². The fourth-order valence-corrected chi connectivity index (χ4v) is 1.71. The van der Waals surface area contributed by atoms with Crippen molar-refractivity contribution in [1.29, 1.82) is 0 Å². The molecule has 0 atom stereocenters. The Balaban J connectivity index is 2.17. The molecule has 18 heavy (non-hydrogen) atoms. The zero-order chi connectivity index (χ0) is 13.0. The van der Waals surface area contributed by atoms with Gasteiger partial charge in [0.2, 0.25) is 0 Å². The van der Waals surface area contributed by atoms with Crippen molar-refractivity contribution in [3.63, 3.8) is 0 Å². The molecule has 0 spiro atoms. The molecule has 1 aromatic carbocycles. The molecular formula is C14H18N4. The first-order chi connectivity index (χ1) is 8.70. The normalized spacial score (nSPS) is 10.4. The summed E-state index contributed by atoms with van der Waals surface area (Å²) in [5.41, 5.74) is 3.30. The lowest BCUT2D eigenvalue weighted by Crippen LogP contribution is -2.13. The second kappa shape index (κ2) is 5.60. The van der Waals surface area contributed by atoms with Crippen LogP contribution in [0.4, 0.5) is 11.5 Å². The SMILES string of the molecule is CNCc1ccc(N(C)c2ccc(C)cc2)nn1. The highest BCUT2D eigenvalue weighted by molar-refractivity contribution is 5.58. The largest absolute Gasteiger partial charge is 0.328 e. The topological polar surface area (TPSA) is 41.0 Å². The lowest BCUT2D eigenvalue weighted by atomic mass is 10.2. The van der Waals surface area contributed by atoms with Crippen molar-refractivity contribution in [1.82, 2.24) is 15.5 Å². The predicted molar refractivity (Wildman–Crippen MR) is 74.0 cm³/mol. The minimum Gasteiger partial charge on any atom is -0.328 e. The van der Waals surface area contributed by atoms with Crippen LogP contribution >= 0.6 is 0 Å². The number of rotatable bonds is 4. The lowest BCUT2D eigenvalue weighted by Gasteiger charge is -2.17. The predicted octanol–water partition coefficient (Wildman–Crippen LogP) is 2.27. The van der Waals surface area contributed by atoms with Gasteiger partial charge in [0.05, 0.1) is 5.69 Å². The molecule has 0 saturated heterocycles. The number of aromatic nitrogens is 2. The summed E-state index contributed by atoms with van der Waals surface area (Å²) in [5.74, 6) is 0.846. The molecule has 0 fully saturated rings. The highest BCUT2D eigenvalue weighted by atomic mass is 15.2. The van der Waals surface area contributed by atoms with E-state index in [9.17, 15) is 0 Å². The number of hydrogen-bond donors (Lipinski definition) is 1. The molecule has 0 aliphatic carbocycles. The molecule has 4 nitrogen and oxygen atoms in total. The molecule has 94 valence electrons. The highest BCUT2D eigenvalue weighted by Crippen LogP contribution is 2.21. The Labute approximate surface area is 108 Å². The summed E-state index contributed by atoms with van der Waals surface area (Å²) >= 11 is 0. The zero-order valence-corrected chi connectivity index (χ0v) is 11.0. The molecule has 0 bridgehead atoms. The van der Waals surface area contributed by atoms with Crippen LogP contribution in [-0.2, 0) is 6.54 Å². The molecule has 1 aromatic heterocycles. The van der Waals surface area contributed by atoms with Crippen LogP contribution < -0.4 is 10.2 Å². The minimum absolute atomic E-state index is 0.738. The number of anilines is 2. The van der Waals surface area contributed by atoms with Crippen molar-refractivity contribution >= 4 is 11.5 Å². The number of nitrogens with zero attached hydrogens (tertiary/aromatic N) is 3. The standard InChI is InChI=1S/C14H18N4/c1-11-4-7-13(8-5-11)18(3)14-9-6-12(10-15-2)16-17-14/h4-9,15H,10H2,1-3H3. The Morgan fingerprint density at radius 1 is 1.06 bits per heavy atom. The van der Waals surface area contributed by atoms with Crippen molar-refractivity contribution in [2.24, 2.45) is 0 Å². The van der Waals surface area contributed by atoms with Gasteiger partial charge < -0.3 is 10.2 Å². The minimum atomic E-state index is 0.738. The molecule has 2 rings (SSSR count). The molecule has 0 unspecified atom stereocenters. The van der Waals surface area contributed by atoms with Crippen LogP contribution in [0.25, 0.3) is 0 Å². The quantitative estimate of drug-likeness (QED) is 0.893. The van der Waals surface area contributed by atoms with E-state index in [1.807, 2.05) is 31.1 Å². The van der Waals surface area contributed by atoms with E-state index in [0.29, 0.717) is 0 Å². The van der Waals surface area contributed by atoms with E-state index >= 15 is 0 Å². The van der Waals surface area contributed by atoms with E-state index < -0.39 is 0 Å². The molecule has 0 aliphatic rings.